The molecule has 3 N–H and O–H groups in total. The number of amides is 1. The molecule has 5 aromatic rings. The number of pyridine rings is 1. The summed E-state index contributed by atoms with van der Waals surface area (Å²) in [7, 11) is 0. The van der Waals surface area contributed by atoms with E-state index >= 15 is 0 Å². The number of rotatable bonds is 5. The van der Waals surface area contributed by atoms with Gasteiger partial charge in [0.05, 0.1) is 20.9 Å². The molecule has 0 radical (unpaired) electrons. The molecule has 7 nitrogen and oxygen atoms in total. The van der Waals surface area contributed by atoms with Crippen molar-refractivity contribution in [2.24, 2.45) is 0 Å². The van der Waals surface area contributed by atoms with E-state index in [0.29, 0.717) is 33.7 Å². The van der Waals surface area contributed by atoms with E-state index in [2.05, 4.69) is 30.5 Å². The van der Waals surface area contributed by atoms with Crippen molar-refractivity contribution >= 4 is 50.9 Å². The van der Waals surface area contributed by atoms with Gasteiger partial charge in [-0.05, 0) is 29.8 Å². The van der Waals surface area contributed by atoms with Gasteiger partial charge < -0.3 is 15.3 Å². The number of nitrogens with one attached hydrogen (secondary N) is 3. The first kappa shape index (κ1) is 20.4. The molecule has 0 aliphatic heterocycles. The van der Waals surface area contributed by atoms with Gasteiger partial charge >= 0.3 is 0 Å². The fourth-order valence-corrected chi connectivity index (χ4v) is 3.92. The van der Waals surface area contributed by atoms with E-state index in [4.69, 9.17) is 23.2 Å². The Labute approximate surface area is 191 Å². The Kier molecular flexibility index (Phi) is 5.24. The molecule has 0 fully saturated rings. The Bertz CT molecular complexity index is 1480. The zero-order chi connectivity index (χ0) is 22.2. The predicted molar refractivity (Wildman–Crippen MR) is 120 cm³/mol. The van der Waals surface area contributed by atoms with Crippen LogP contribution in [0.3, 0.4) is 0 Å². The maximum absolute atomic E-state index is 14.7. The summed E-state index contributed by atoms with van der Waals surface area (Å²) >= 11 is 12.0. The number of carbonyl (C=O) groups excluding carboxylic acids is 1. The molecular formula is C22H15Cl2FN6O. The molecule has 3 heterocycles. The van der Waals surface area contributed by atoms with E-state index in [0.717, 1.165) is 16.5 Å². The first-order chi connectivity index (χ1) is 15.5. The lowest BCUT2D eigenvalue weighted by molar-refractivity contribution is 0.0940. The number of benzene rings is 2. The van der Waals surface area contributed by atoms with Gasteiger partial charge in [0, 0.05) is 41.8 Å². The van der Waals surface area contributed by atoms with Gasteiger partial charge in [0.1, 0.15) is 11.6 Å². The summed E-state index contributed by atoms with van der Waals surface area (Å²) in [5, 5.41) is 12.7. The van der Waals surface area contributed by atoms with E-state index in [1.54, 1.807) is 18.3 Å². The molecule has 0 atom stereocenters. The van der Waals surface area contributed by atoms with Gasteiger partial charge in [-0.25, -0.2) is 4.39 Å². The number of aromatic amines is 2. The van der Waals surface area contributed by atoms with Crippen molar-refractivity contribution in [2.75, 3.05) is 0 Å². The number of fused-ring (bicyclic) bond motifs is 2. The maximum Gasteiger partial charge on any atom is 0.289 e. The molecule has 5 rings (SSSR count). The molecular weight excluding hydrogens is 454 g/mol. The Hall–Kier alpha value is -3.49. The maximum atomic E-state index is 14.7. The molecule has 0 aliphatic rings. The summed E-state index contributed by atoms with van der Waals surface area (Å²) in [5.74, 6) is -0.390. The van der Waals surface area contributed by atoms with Gasteiger partial charge in [0.15, 0.2) is 0 Å². The molecule has 10 heteroatoms. The highest BCUT2D eigenvalue weighted by molar-refractivity contribution is 6.35. The van der Waals surface area contributed by atoms with Crippen molar-refractivity contribution in [3.63, 3.8) is 0 Å². The minimum atomic E-state index is -0.488. The smallest absolute Gasteiger partial charge is 0.289 e. The molecule has 2 aromatic carbocycles. The monoisotopic (exact) mass is 468 g/mol. The highest BCUT2D eigenvalue weighted by Gasteiger charge is 2.15. The van der Waals surface area contributed by atoms with Crippen molar-refractivity contribution in [1.29, 1.82) is 0 Å². The van der Waals surface area contributed by atoms with Gasteiger partial charge in [0.2, 0.25) is 5.82 Å². The number of H-pyrrole nitrogens is 2. The number of hydrogen-bond donors (Lipinski definition) is 3. The van der Waals surface area contributed by atoms with Gasteiger partial charge in [-0.1, -0.05) is 35.3 Å². The predicted octanol–water partition coefficient (Wildman–Crippen LogP) is 4.80. The Morgan fingerprint density at radius 1 is 1.12 bits per heavy atom. The summed E-state index contributed by atoms with van der Waals surface area (Å²) in [6.07, 6.45) is 3.57. The molecule has 3 aromatic heterocycles. The minimum absolute atomic E-state index is 0.0173. The molecule has 1 amide bonds. The molecule has 32 heavy (non-hydrogen) atoms. The van der Waals surface area contributed by atoms with Gasteiger partial charge in [-0.2, -0.15) is 0 Å². The van der Waals surface area contributed by atoms with E-state index in [-0.39, 0.29) is 17.4 Å². The highest BCUT2D eigenvalue weighted by atomic mass is 35.5. The quantitative estimate of drug-likeness (QED) is 0.344. The molecule has 0 unspecified atom stereocenters. The van der Waals surface area contributed by atoms with Crippen molar-refractivity contribution in [2.45, 2.75) is 13.0 Å². The van der Waals surface area contributed by atoms with E-state index in [1.165, 1.54) is 6.20 Å². The van der Waals surface area contributed by atoms with Crippen LogP contribution >= 0.6 is 23.2 Å². The average Bonchev–Trinajstić information content (AvgIpc) is 3.40. The van der Waals surface area contributed by atoms with Crippen LogP contribution in [0, 0.1) is 5.82 Å². The SMILES string of the molecule is O=C(NCc1ccc2[nH]cc(Cl)c2c1F)c1nnc(Cc2ccc3ncc(Cl)cc3c2)[nH]1. The zero-order valence-electron chi connectivity index (χ0n) is 16.4. The molecule has 160 valence electrons. The number of aromatic nitrogens is 5. The number of hydrogen-bond acceptors (Lipinski definition) is 4. The van der Waals surface area contributed by atoms with Crippen LogP contribution in [0.5, 0.6) is 0 Å². The van der Waals surface area contributed by atoms with Crippen molar-refractivity contribution in [3.05, 3.63) is 87.4 Å². The Morgan fingerprint density at radius 3 is 2.88 bits per heavy atom. The normalized spacial score (nSPS) is 11.3. The summed E-state index contributed by atoms with van der Waals surface area (Å²) in [6, 6.07) is 10.9. The van der Waals surface area contributed by atoms with Gasteiger partial charge in [0.25, 0.3) is 5.91 Å². The van der Waals surface area contributed by atoms with Crippen molar-refractivity contribution in [3.8, 4) is 0 Å². The fourth-order valence-electron chi connectivity index (χ4n) is 3.52. The number of halogens is 3. The third-order valence-electron chi connectivity index (χ3n) is 5.09. The van der Waals surface area contributed by atoms with Crippen LogP contribution < -0.4 is 5.32 Å². The molecule has 0 saturated heterocycles. The van der Waals surface area contributed by atoms with Crippen LogP contribution in [0.2, 0.25) is 10.0 Å². The van der Waals surface area contributed by atoms with Crippen LogP contribution in [-0.2, 0) is 13.0 Å². The van der Waals surface area contributed by atoms with Crippen LogP contribution in [0.25, 0.3) is 21.8 Å². The zero-order valence-corrected chi connectivity index (χ0v) is 17.9. The summed E-state index contributed by atoms with van der Waals surface area (Å²) in [4.78, 5) is 22.5. The first-order valence-corrected chi connectivity index (χ1v) is 10.4. The third-order valence-corrected chi connectivity index (χ3v) is 5.59. The number of carbonyl (C=O) groups is 1. The van der Waals surface area contributed by atoms with Gasteiger partial charge in [-0.15, -0.1) is 10.2 Å². The molecule has 0 saturated carbocycles. The topological polar surface area (TPSA) is 99.3 Å². The molecule has 0 bridgehead atoms. The fraction of sp³-hybridized carbons (Fsp3) is 0.0909. The Balaban J connectivity index is 1.28. The van der Waals surface area contributed by atoms with Gasteiger partial charge in [-0.3, -0.25) is 9.78 Å². The lowest BCUT2D eigenvalue weighted by Crippen LogP contribution is -2.24. The Morgan fingerprint density at radius 2 is 2.00 bits per heavy atom. The molecule has 0 aliphatic carbocycles. The first-order valence-electron chi connectivity index (χ1n) is 9.66. The second-order valence-corrected chi connectivity index (χ2v) is 8.10. The second kappa shape index (κ2) is 8.22. The average molecular weight is 469 g/mol. The standard InChI is InChI=1S/C22H15Cl2FN6O/c23-14-7-13-5-11(1-3-16(13)26-9-14)6-18-29-21(31-30-18)22(32)28-8-12-2-4-17-19(20(12)25)15(24)10-27-17/h1-5,7,9-10,27H,6,8H2,(H,28,32)(H,29,30,31). The summed E-state index contributed by atoms with van der Waals surface area (Å²) in [6.45, 7) is -0.0173. The largest absolute Gasteiger partial charge is 0.360 e. The lowest BCUT2D eigenvalue weighted by atomic mass is 10.1. The van der Waals surface area contributed by atoms with Crippen molar-refractivity contribution < 1.29 is 9.18 Å². The van der Waals surface area contributed by atoms with E-state index < -0.39 is 11.7 Å². The second-order valence-electron chi connectivity index (χ2n) is 7.26. The van der Waals surface area contributed by atoms with Crippen LogP contribution in [0.15, 0.2) is 48.8 Å². The van der Waals surface area contributed by atoms with E-state index in [1.807, 2.05) is 24.3 Å². The number of nitrogens with zero attached hydrogens (tertiary/aromatic N) is 3. The van der Waals surface area contributed by atoms with E-state index in [9.17, 15) is 9.18 Å². The third kappa shape index (κ3) is 3.90. The van der Waals surface area contributed by atoms with Crippen LogP contribution in [0.1, 0.15) is 27.6 Å². The van der Waals surface area contributed by atoms with Crippen LogP contribution in [0.4, 0.5) is 4.39 Å². The summed E-state index contributed by atoms with van der Waals surface area (Å²) in [5.41, 5.74) is 2.70. The minimum Gasteiger partial charge on any atom is -0.360 e. The molecule has 0 spiro atoms. The highest BCUT2D eigenvalue weighted by Crippen LogP contribution is 2.27. The van der Waals surface area contributed by atoms with Crippen molar-refractivity contribution in [1.82, 2.24) is 30.5 Å². The van der Waals surface area contributed by atoms with Crippen LogP contribution in [-0.4, -0.2) is 31.1 Å². The lowest BCUT2D eigenvalue weighted by Gasteiger charge is -2.06. The summed E-state index contributed by atoms with van der Waals surface area (Å²) < 4.78 is 14.7.